The number of hydrogen-bond donors (Lipinski definition) is 0. The van der Waals surface area contributed by atoms with Crippen molar-refractivity contribution in [3.05, 3.63) is 60.4 Å². The van der Waals surface area contributed by atoms with Crippen molar-refractivity contribution in [2.24, 2.45) is 7.05 Å². The molecule has 4 aromatic rings. The van der Waals surface area contributed by atoms with E-state index in [0.717, 1.165) is 37.8 Å². The fourth-order valence-electron chi connectivity index (χ4n) is 3.13. The summed E-state index contributed by atoms with van der Waals surface area (Å²) in [6.45, 7) is 0. The van der Waals surface area contributed by atoms with Crippen LogP contribution in [0, 0.1) is 11.3 Å². The van der Waals surface area contributed by atoms with Crippen LogP contribution in [-0.2, 0) is 19.7 Å². The number of aryl methyl sites for hydroxylation is 1. The zero-order valence-corrected chi connectivity index (χ0v) is 16.3. The molecule has 0 aliphatic carbocycles. The Balaban J connectivity index is 0.00000169. The van der Waals surface area contributed by atoms with Gasteiger partial charge in [0.15, 0.2) is 0 Å². The Morgan fingerprint density at radius 1 is 1.04 bits per heavy atom. The van der Waals surface area contributed by atoms with E-state index >= 15 is 0 Å². The topological polar surface area (TPSA) is 41.6 Å². The normalized spacial score (nSPS) is 10.5. The van der Waals surface area contributed by atoms with Crippen molar-refractivity contribution in [2.75, 3.05) is 0 Å². The molecule has 0 aliphatic rings. The largest absolute Gasteiger partial charge is 1.00 e. The summed E-state index contributed by atoms with van der Waals surface area (Å²) >= 11 is 5.67. The first-order valence-electron chi connectivity index (χ1n) is 7.24. The number of aromatic nitrogens is 2. The van der Waals surface area contributed by atoms with Gasteiger partial charge in [-0.3, -0.25) is 4.98 Å². The van der Waals surface area contributed by atoms with Gasteiger partial charge in [-0.1, -0.05) is 35.4 Å². The Kier molecular flexibility index (Phi) is 4.62. The van der Waals surface area contributed by atoms with Crippen LogP contribution in [0.25, 0.3) is 32.8 Å². The van der Waals surface area contributed by atoms with Gasteiger partial charge in [-0.2, -0.15) is 5.26 Å². The molecule has 2 aromatic heterocycles. The molecule has 0 spiro atoms. The molecule has 0 N–H and O–H groups in total. The second kappa shape index (κ2) is 6.54. The maximum atomic E-state index is 9.34. The standard InChI is InChI=1S/C19H13N3S.Na/c1-22-17-11-21-9-8-16(17)18(19(22)23)15-7-6-12(10-20)13-4-2-3-5-14(13)15;/h2-9,11,23H,1H3;/q;+1/p-1. The van der Waals surface area contributed by atoms with E-state index in [9.17, 15) is 5.26 Å². The van der Waals surface area contributed by atoms with E-state index < -0.39 is 0 Å². The molecule has 2 aromatic carbocycles. The number of fused-ring (bicyclic) bond motifs is 2. The Morgan fingerprint density at radius 2 is 1.79 bits per heavy atom. The second-order valence-electron chi connectivity index (χ2n) is 5.45. The Hall–Kier alpha value is -1.90. The molecule has 0 unspecified atom stereocenters. The van der Waals surface area contributed by atoms with Crippen LogP contribution in [0.1, 0.15) is 5.56 Å². The van der Waals surface area contributed by atoms with Gasteiger partial charge in [0.2, 0.25) is 0 Å². The first-order valence-corrected chi connectivity index (χ1v) is 7.65. The van der Waals surface area contributed by atoms with Crippen LogP contribution in [0.3, 0.4) is 0 Å². The zero-order valence-electron chi connectivity index (χ0n) is 13.4. The van der Waals surface area contributed by atoms with Crippen LogP contribution in [0.4, 0.5) is 0 Å². The van der Waals surface area contributed by atoms with Crippen LogP contribution in [-0.4, -0.2) is 9.55 Å². The van der Waals surface area contributed by atoms with Gasteiger partial charge in [0.25, 0.3) is 0 Å². The number of hydrogen-bond acceptors (Lipinski definition) is 3. The predicted molar refractivity (Wildman–Crippen MR) is 94.0 cm³/mol. The summed E-state index contributed by atoms with van der Waals surface area (Å²) in [5.74, 6) is 0. The third-order valence-corrected chi connectivity index (χ3v) is 4.74. The maximum Gasteiger partial charge on any atom is 1.00 e. The van der Waals surface area contributed by atoms with Crippen molar-refractivity contribution in [2.45, 2.75) is 5.03 Å². The monoisotopic (exact) mass is 337 g/mol. The van der Waals surface area contributed by atoms with Gasteiger partial charge >= 0.3 is 29.6 Å². The second-order valence-corrected chi connectivity index (χ2v) is 5.84. The minimum Gasteiger partial charge on any atom is -0.762 e. The van der Waals surface area contributed by atoms with Crippen molar-refractivity contribution < 1.29 is 29.6 Å². The molecule has 110 valence electrons. The van der Waals surface area contributed by atoms with Crippen molar-refractivity contribution >= 4 is 34.3 Å². The molecular formula is C19H12N3NaS. The van der Waals surface area contributed by atoms with Crippen LogP contribution >= 0.6 is 0 Å². The Morgan fingerprint density at radius 3 is 2.54 bits per heavy atom. The molecule has 0 atom stereocenters. The summed E-state index contributed by atoms with van der Waals surface area (Å²) in [7, 11) is 1.96. The van der Waals surface area contributed by atoms with E-state index in [1.807, 2.05) is 60.3 Å². The van der Waals surface area contributed by atoms with E-state index in [-0.39, 0.29) is 29.6 Å². The van der Waals surface area contributed by atoms with Gasteiger partial charge in [-0.25, -0.2) is 0 Å². The summed E-state index contributed by atoms with van der Waals surface area (Å²) in [5, 5.41) is 13.2. The van der Waals surface area contributed by atoms with Crippen molar-refractivity contribution in [1.29, 1.82) is 5.26 Å². The molecule has 0 saturated heterocycles. The molecule has 4 rings (SSSR count). The number of rotatable bonds is 1. The maximum absolute atomic E-state index is 9.34. The number of nitrogens with zero attached hydrogens (tertiary/aromatic N) is 3. The smallest absolute Gasteiger partial charge is 0.762 e. The predicted octanol–water partition coefficient (Wildman–Crippen LogP) is 1.17. The molecule has 0 aliphatic heterocycles. The molecule has 0 amide bonds. The van der Waals surface area contributed by atoms with Crippen LogP contribution in [0.5, 0.6) is 0 Å². The first kappa shape index (κ1) is 16.9. The number of benzene rings is 2. The summed E-state index contributed by atoms with van der Waals surface area (Å²) < 4.78 is 1.99. The molecule has 0 radical (unpaired) electrons. The van der Waals surface area contributed by atoms with Crippen LogP contribution in [0.2, 0.25) is 0 Å². The third-order valence-electron chi connectivity index (χ3n) is 4.26. The van der Waals surface area contributed by atoms with Gasteiger partial charge in [-0.15, -0.1) is 0 Å². The molecule has 0 fully saturated rings. The van der Waals surface area contributed by atoms with Gasteiger partial charge in [-0.05, 0) is 28.6 Å². The average molecular weight is 337 g/mol. The Labute approximate surface area is 167 Å². The summed E-state index contributed by atoms with van der Waals surface area (Å²) in [4.78, 5) is 4.20. The van der Waals surface area contributed by atoms with E-state index in [2.05, 4.69) is 11.1 Å². The summed E-state index contributed by atoms with van der Waals surface area (Å²) in [6.07, 6.45) is 3.62. The van der Waals surface area contributed by atoms with Crippen LogP contribution in [0.15, 0.2) is 59.9 Å². The molecular weight excluding hydrogens is 325 g/mol. The first-order chi connectivity index (χ1) is 11.2. The van der Waals surface area contributed by atoms with Crippen molar-refractivity contribution in [1.82, 2.24) is 9.55 Å². The van der Waals surface area contributed by atoms with Crippen LogP contribution < -0.4 is 29.6 Å². The van der Waals surface area contributed by atoms with Gasteiger partial charge in [0, 0.05) is 24.0 Å². The fraction of sp³-hybridized carbons (Fsp3) is 0.0526. The zero-order chi connectivity index (χ0) is 16.0. The van der Waals surface area contributed by atoms with Gasteiger partial charge < -0.3 is 17.2 Å². The number of nitriles is 1. The fourth-order valence-corrected chi connectivity index (χ4v) is 3.45. The van der Waals surface area contributed by atoms with E-state index in [4.69, 9.17) is 12.6 Å². The van der Waals surface area contributed by atoms with Gasteiger partial charge in [0.05, 0.1) is 23.3 Å². The van der Waals surface area contributed by atoms with E-state index in [1.165, 1.54) is 0 Å². The molecule has 5 heteroatoms. The minimum atomic E-state index is 0. The average Bonchev–Trinajstić information content (AvgIpc) is 2.85. The summed E-state index contributed by atoms with van der Waals surface area (Å²) in [6, 6.07) is 16.1. The van der Waals surface area contributed by atoms with E-state index in [0.29, 0.717) is 5.56 Å². The SMILES string of the molecule is Cn1c([S-])c(-c2ccc(C#N)c3ccccc23)c2ccncc21.[Na+]. The molecule has 0 bridgehead atoms. The Bertz CT molecular complexity index is 1110. The minimum absolute atomic E-state index is 0. The van der Waals surface area contributed by atoms with Gasteiger partial charge in [0.1, 0.15) is 0 Å². The quantitative estimate of drug-likeness (QED) is 0.387. The third kappa shape index (κ3) is 2.42. The van der Waals surface area contributed by atoms with Crippen molar-refractivity contribution in [3.63, 3.8) is 0 Å². The van der Waals surface area contributed by atoms with Crippen molar-refractivity contribution in [3.8, 4) is 17.2 Å². The molecule has 0 saturated carbocycles. The summed E-state index contributed by atoms with van der Waals surface area (Å²) in [5.41, 5.74) is 3.78. The van der Waals surface area contributed by atoms with E-state index in [1.54, 1.807) is 6.20 Å². The number of pyridine rings is 1. The molecule has 2 heterocycles. The molecule has 24 heavy (non-hydrogen) atoms. The molecule has 3 nitrogen and oxygen atoms in total.